The molecule has 136 valence electrons. The van der Waals surface area contributed by atoms with Gasteiger partial charge in [-0.3, -0.25) is 4.79 Å². The van der Waals surface area contributed by atoms with Gasteiger partial charge < -0.3 is 24.3 Å². The molecule has 1 N–H and O–H groups in total. The number of nitrogens with one attached hydrogen (secondary N) is 1. The van der Waals surface area contributed by atoms with Crippen LogP contribution in [0, 0.1) is 0 Å². The summed E-state index contributed by atoms with van der Waals surface area (Å²) in [6.07, 6.45) is 0. The van der Waals surface area contributed by atoms with Crippen LogP contribution in [0.25, 0.3) is 0 Å². The number of hydrogen-bond donors (Lipinski definition) is 1. The number of esters is 3. The maximum absolute atomic E-state index is 11.9. The van der Waals surface area contributed by atoms with Crippen molar-refractivity contribution in [3.63, 3.8) is 0 Å². The number of anilines is 1. The molecule has 25 heavy (non-hydrogen) atoms. The molecular weight excluding hydrogens is 334 g/mol. The highest BCUT2D eigenvalue weighted by Crippen LogP contribution is 2.19. The number of carbonyl (C=O) groups excluding carboxylic acids is 4. The Morgan fingerprint density at radius 1 is 1.00 bits per heavy atom. The molecule has 0 spiro atoms. The number of carbonyl (C=O) groups is 4. The Balaban J connectivity index is 2.86. The molecule has 9 heteroatoms. The minimum absolute atomic E-state index is 0.0283. The summed E-state index contributed by atoms with van der Waals surface area (Å²) in [7, 11) is 2.38. The van der Waals surface area contributed by atoms with Crippen molar-refractivity contribution in [2.24, 2.45) is 0 Å². The number of amides is 1. The van der Waals surface area contributed by atoms with Gasteiger partial charge in [0.1, 0.15) is 6.61 Å². The zero-order chi connectivity index (χ0) is 18.8. The smallest absolute Gasteiger partial charge is 0.339 e. The summed E-state index contributed by atoms with van der Waals surface area (Å²) >= 11 is 0. The second kappa shape index (κ2) is 10.0. The SMILES string of the molecule is CCOCC(=O)OCC(=O)Nc1cc(C(=O)OC)ccc1C(=O)OC. The molecule has 9 nitrogen and oxygen atoms in total. The number of methoxy groups -OCH3 is 2. The number of ether oxygens (including phenoxy) is 4. The molecule has 1 amide bonds. The Morgan fingerprint density at radius 2 is 1.68 bits per heavy atom. The van der Waals surface area contributed by atoms with Crippen molar-refractivity contribution in [3.8, 4) is 0 Å². The van der Waals surface area contributed by atoms with E-state index in [0.717, 1.165) is 0 Å². The van der Waals surface area contributed by atoms with Gasteiger partial charge in [0.15, 0.2) is 6.61 Å². The molecule has 1 rings (SSSR count). The van der Waals surface area contributed by atoms with Gasteiger partial charge in [0.2, 0.25) is 0 Å². The maximum Gasteiger partial charge on any atom is 0.339 e. The first kappa shape index (κ1) is 20.1. The molecule has 0 saturated heterocycles. The lowest BCUT2D eigenvalue weighted by atomic mass is 10.1. The molecule has 0 aliphatic heterocycles. The molecule has 0 bridgehead atoms. The van der Waals surface area contributed by atoms with Crippen molar-refractivity contribution in [2.75, 3.05) is 39.4 Å². The Labute approximate surface area is 144 Å². The number of rotatable bonds is 8. The van der Waals surface area contributed by atoms with Crippen LogP contribution in [-0.4, -0.2) is 57.9 Å². The second-order valence-electron chi connectivity index (χ2n) is 4.59. The van der Waals surface area contributed by atoms with Crippen LogP contribution in [0.1, 0.15) is 27.6 Å². The zero-order valence-electron chi connectivity index (χ0n) is 14.1. The van der Waals surface area contributed by atoms with E-state index in [1.165, 1.54) is 32.4 Å². The summed E-state index contributed by atoms with van der Waals surface area (Å²) in [5.74, 6) is -2.75. The van der Waals surface area contributed by atoms with Gasteiger partial charge in [-0.05, 0) is 25.1 Å². The van der Waals surface area contributed by atoms with Gasteiger partial charge in [-0.25, -0.2) is 14.4 Å². The third-order valence-corrected chi connectivity index (χ3v) is 2.91. The molecule has 0 aliphatic carbocycles. The van der Waals surface area contributed by atoms with Gasteiger partial charge in [0, 0.05) is 6.61 Å². The fraction of sp³-hybridized carbons (Fsp3) is 0.375. The van der Waals surface area contributed by atoms with E-state index in [4.69, 9.17) is 9.47 Å². The highest BCUT2D eigenvalue weighted by molar-refractivity contribution is 6.04. The van der Waals surface area contributed by atoms with Crippen molar-refractivity contribution < 1.29 is 38.1 Å². The Bertz CT molecular complexity index is 656. The monoisotopic (exact) mass is 353 g/mol. The van der Waals surface area contributed by atoms with Gasteiger partial charge in [-0.15, -0.1) is 0 Å². The molecule has 0 unspecified atom stereocenters. The van der Waals surface area contributed by atoms with Crippen LogP contribution >= 0.6 is 0 Å². The van der Waals surface area contributed by atoms with Gasteiger partial charge >= 0.3 is 17.9 Å². The average molecular weight is 353 g/mol. The zero-order valence-corrected chi connectivity index (χ0v) is 14.1. The standard InChI is InChI=1S/C16H19NO8/c1-4-24-9-14(19)25-8-13(18)17-12-7-10(15(20)22-2)5-6-11(12)16(21)23-3/h5-7H,4,8-9H2,1-3H3,(H,17,18). The first-order valence-corrected chi connectivity index (χ1v) is 7.26. The van der Waals surface area contributed by atoms with Gasteiger partial charge in [0.25, 0.3) is 5.91 Å². The van der Waals surface area contributed by atoms with E-state index in [9.17, 15) is 19.2 Å². The molecule has 0 radical (unpaired) electrons. The minimum Gasteiger partial charge on any atom is -0.465 e. The van der Waals surface area contributed by atoms with Crippen LogP contribution in [0.3, 0.4) is 0 Å². The van der Waals surface area contributed by atoms with E-state index in [1.54, 1.807) is 6.92 Å². The molecule has 0 aromatic heterocycles. The highest BCUT2D eigenvalue weighted by Gasteiger charge is 2.18. The number of benzene rings is 1. The fourth-order valence-electron chi connectivity index (χ4n) is 1.74. The molecule has 0 heterocycles. The Hall–Kier alpha value is -2.94. The average Bonchev–Trinajstić information content (AvgIpc) is 2.63. The van der Waals surface area contributed by atoms with Crippen molar-refractivity contribution in [3.05, 3.63) is 29.3 Å². The molecule has 0 saturated carbocycles. The summed E-state index contributed by atoms with van der Waals surface area (Å²) in [6.45, 7) is 1.21. The van der Waals surface area contributed by atoms with Crippen LogP contribution in [0.4, 0.5) is 5.69 Å². The first-order chi connectivity index (χ1) is 11.9. The van der Waals surface area contributed by atoms with E-state index in [2.05, 4.69) is 14.8 Å². The normalized spacial score (nSPS) is 9.88. The summed E-state index contributed by atoms with van der Waals surface area (Å²) in [5, 5.41) is 2.39. The van der Waals surface area contributed by atoms with Crippen molar-refractivity contribution in [1.82, 2.24) is 0 Å². The van der Waals surface area contributed by atoms with Crippen LogP contribution in [0.15, 0.2) is 18.2 Å². The largest absolute Gasteiger partial charge is 0.465 e. The summed E-state index contributed by atoms with van der Waals surface area (Å²) in [5.41, 5.74) is 0.184. The fourth-order valence-corrected chi connectivity index (χ4v) is 1.74. The molecule has 1 aromatic carbocycles. The topological polar surface area (TPSA) is 117 Å². The van der Waals surface area contributed by atoms with Gasteiger partial charge in [-0.2, -0.15) is 0 Å². The molecular formula is C16H19NO8. The Morgan fingerprint density at radius 3 is 2.28 bits per heavy atom. The minimum atomic E-state index is -0.708. The van der Waals surface area contributed by atoms with Crippen LogP contribution in [-0.2, 0) is 28.5 Å². The maximum atomic E-state index is 11.9. The van der Waals surface area contributed by atoms with Crippen molar-refractivity contribution >= 4 is 29.5 Å². The third kappa shape index (κ3) is 6.22. The lowest BCUT2D eigenvalue weighted by Gasteiger charge is -2.11. The van der Waals surface area contributed by atoms with Crippen molar-refractivity contribution in [2.45, 2.75) is 6.92 Å². The summed E-state index contributed by atoms with van der Waals surface area (Å²) < 4.78 is 18.8. The predicted molar refractivity (Wildman–Crippen MR) is 85.2 cm³/mol. The van der Waals surface area contributed by atoms with E-state index in [1.807, 2.05) is 0 Å². The molecule has 0 atom stereocenters. The number of hydrogen-bond acceptors (Lipinski definition) is 8. The molecule has 0 aliphatic rings. The molecule has 0 fully saturated rings. The lowest BCUT2D eigenvalue weighted by Crippen LogP contribution is -2.24. The summed E-state index contributed by atoms with van der Waals surface area (Å²) in [4.78, 5) is 46.5. The quantitative estimate of drug-likeness (QED) is 0.538. The molecule has 1 aromatic rings. The summed E-state index contributed by atoms with van der Waals surface area (Å²) in [6, 6.07) is 3.93. The predicted octanol–water partition coefficient (Wildman–Crippen LogP) is 0.778. The van der Waals surface area contributed by atoms with E-state index in [-0.39, 0.29) is 23.4 Å². The highest BCUT2D eigenvalue weighted by atomic mass is 16.6. The van der Waals surface area contributed by atoms with E-state index >= 15 is 0 Å². The van der Waals surface area contributed by atoms with Crippen molar-refractivity contribution in [1.29, 1.82) is 0 Å². The van der Waals surface area contributed by atoms with E-state index < -0.39 is 30.4 Å². The third-order valence-electron chi connectivity index (χ3n) is 2.91. The second-order valence-corrected chi connectivity index (χ2v) is 4.59. The lowest BCUT2D eigenvalue weighted by molar-refractivity contribution is -0.151. The van der Waals surface area contributed by atoms with Gasteiger partial charge in [-0.1, -0.05) is 0 Å². The van der Waals surface area contributed by atoms with Gasteiger partial charge in [0.05, 0.1) is 31.0 Å². The first-order valence-electron chi connectivity index (χ1n) is 7.26. The Kier molecular flexibility index (Phi) is 8.07. The van der Waals surface area contributed by atoms with Crippen LogP contribution in [0.2, 0.25) is 0 Å². The van der Waals surface area contributed by atoms with Crippen LogP contribution in [0.5, 0.6) is 0 Å². The van der Waals surface area contributed by atoms with Crippen LogP contribution < -0.4 is 5.32 Å². The van der Waals surface area contributed by atoms with E-state index in [0.29, 0.717) is 6.61 Å².